The van der Waals surface area contributed by atoms with Crippen molar-refractivity contribution in [3.63, 3.8) is 0 Å². The molecule has 0 N–H and O–H groups in total. The van der Waals surface area contributed by atoms with E-state index in [1.807, 2.05) is 11.0 Å². The zero-order chi connectivity index (χ0) is 17.6. The van der Waals surface area contributed by atoms with Crippen molar-refractivity contribution < 1.29 is 14.0 Å². The highest BCUT2D eigenvalue weighted by atomic mass is 19.1. The lowest BCUT2D eigenvalue weighted by Gasteiger charge is -2.45. The van der Waals surface area contributed by atoms with Gasteiger partial charge in [0, 0.05) is 19.0 Å². The van der Waals surface area contributed by atoms with Crippen molar-refractivity contribution in [1.82, 2.24) is 9.80 Å². The molecule has 2 fully saturated rings. The summed E-state index contributed by atoms with van der Waals surface area (Å²) in [5.41, 5.74) is 1.96. The third-order valence-corrected chi connectivity index (χ3v) is 6.18. The number of halogens is 1. The van der Waals surface area contributed by atoms with Crippen LogP contribution in [0.5, 0.6) is 0 Å². The van der Waals surface area contributed by atoms with Gasteiger partial charge in [-0.15, -0.1) is 0 Å². The van der Waals surface area contributed by atoms with E-state index >= 15 is 0 Å². The van der Waals surface area contributed by atoms with Gasteiger partial charge in [-0.05, 0) is 61.3 Å². The first-order valence-corrected chi connectivity index (χ1v) is 9.39. The van der Waals surface area contributed by atoms with Crippen molar-refractivity contribution in [2.24, 2.45) is 11.8 Å². The fraction of sp³-hybridized carbons (Fsp3) is 0.600. The first-order valence-electron chi connectivity index (χ1n) is 9.39. The largest absolute Gasteiger partial charge is 0.332 e. The predicted molar refractivity (Wildman–Crippen MR) is 92.3 cm³/mol. The molecular weight excluding hydrogens is 319 g/mol. The number of carbonyl (C=O) groups is 2. The summed E-state index contributed by atoms with van der Waals surface area (Å²) in [6.45, 7) is 3.56. The molecule has 0 bridgehead atoms. The van der Waals surface area contributed by atoms with Crippen molar-refractivity contribution in [2.75, 3.05) is 19.6 Å². The van der Waals surface area contributed by atoms with Crippen LogP contribution in [0.4, 0.5) is 4.39 Å². The number of amides is 2. The molecule has 4 rings (SSSR count). The number of nitrogens with zero attached hydrogens (tertiary/aromatic N) is 2. The Bertz CT molecular complexity index is 697. The summed E-state index contributed by atoms with van der Waals surface area (Å²) >= 11 is 0. The van der Waals surface area contributed by atoms with Gasteiger partial charge in [0.05, 0.1) is 12.6 Å². The van der Waals surface area contributed by atoms with Crippen LogP contribution in [-0.4, -0.2) is 41.2 Å². The molecule has 2 amide bonds. The Balaban J connectivity index is 1.56. The van der Waals surface area contributed by atoms with Gasteiger partial charge in [-0.1, -0.05) is 13.0 Å². The average molecular weight is 344 g/mol. The highest BCUT2D eigenvalue weighted by Gasteiger charge is 2.40. The van der Waals surface area contributed by atoms with Crippen LogP contribution in [0.2, 0.25) is 0 Å². The second-order valence-electron chi connectivity index (χ2n) is 7.87. The van der Waals surface area contributed by atoms with E-state index in [1.54, 1.807) is 4.90 Å². The summed E-state index contributed by atoms with van der Waals surface area (Å²) in [5.74, 6) is 0.562. The molecule has 3 aliphatic rings. The van der Waals surface area contributed by atoms with E-state index in [4.69, 9.17) is 0 Å². The van der Waals surface area contributed by atoms with Crippen LogP contribution in [0.25, 0.3) is 0 Å². The monoisotopic (exact) mass is 344 g/mol. The maximum Gasteiger partial charge on any atom is 0.242 e. The number of rotatable bonds is 1. The summed E-state index contributed by atoms with van der Waals surface area (Å²) in [6, 6.07) is 4.63. The summed E-state index contributed by atoms with van der Waals surface area (Å²) in [7, 11) is 0. The van der Waals surface area contributed by atoms with Gasteiger partial charge in [-0.25, -0.2) is 4.39 Å². The molecule has 1 aliphatic carbocycles. The topological polar surface area (TPSA) is 40.6 Å². The molecule has 0 spiro atoms. The summed E-state index contributed by atoms with van der Waals surface area (Å²) in [4.78, 5) is 29.1. The fourth-order valence-corrected chi connectivity index (χ4v) is 4.62. The Kier molecular flexibility index (Phi) is 4.26. The van der Waals surface area contributed by atoms with Crippen molar-refractivity contribution in [3.05, 3.63) is 35.1 Å². The smallest absolute Gasteiger partial charge is 0.242 e. The quantitative estimate of drug-likeness (QED) is 0.786. The van der Waals surface area contributed by atoms with Crippen LogP contribution in [-0.2, 0) is 16.0 Å². The molecule has 2 heterocycles. The van der Waals surface area contributed by atoms with Gasteiger partial charge < -0.3 is 9.80 Å². The Labute approximate surface area is 148 Å². The zero-order valence-corrected chi connectivity index (χ0v) is 14.7. The van der Waals surface area contributed by atoms with E-state index in [1.165, 1.54) is 12.1 Å². The summed E-state index contributed by atoms with van der Waals surface area (Å²) in [5, 5.41) is 0. The number of fused-ring (bicyclic) bond motifs is 3. The number of hydrogen-bond donors (Lipinski definition) is 0. The Morgan fingerprint density at radius 2 is 1.96 bits per heavy atom. The Morgan fingerprint density at radius 1 is 1.20 bits per heavy atom. The van der Waals surface area contributed by atoms with E-state index in [2.05, 4.69) is 6.92 Å². The minimum Gasteiger partial charge on any atom is -0.332 e. The Hall–Kier alpha value is -1.91. The van der Waals surface area contributed by atoms with Crippen LogP contribution < -0.4 is 0 Å². The van der Waals surface area contributed by atoms with Gasteiger partial charge in [0.25, 0.3) is 0 Å². The van der Waals surface area contributed by atoms with Crippen molar-refractivity contribution in [3.8, 4) is 0 Å². The molecule has 1 aromatic rings. The van der Waals surface area contributed by atoms with Gasteiger partial charge in [0.1, 0.15) is 5.82 Å². The molecule has 0 radical (unpaired) electrons. The molecule has 2 aliphatic heterocycles. The number of hydrogen-bond acceptors (Lipinski definition) is 2. The van der Waals surface area contributed by atoms with E-state index < -0.39 is 0 Å². The van der Waals surface area contributed by atoms with Gasteiger partial charge in [0.15, 0.2) is 0 Å². The molecule has 5 heteroatoms. The van der Waals surface area contributed by atoms with Gasteiger partial charge in [-0.3, -0.25) is 9.59 Å². The van der Waals surface area contributed by atoms with E-state index in [9.17, 15) is 14.0 Å². The van der Waals surface area contributed by atoms with Gasteiger partial charge in [-0.2, -0.15) is 0 Å². The number of piperazine rings is 1. The highest BCUT2D eigenvalue weighted by molar-refractivity contribution is 5.87. The Morgan fingerprint density at radius 3 is 2.72 bits per heavy atom. The van der Waals surface area contributed by atoms with Gasteiger partial charge in [0.2, 0.25) is 11.8 Å². The van der Waals surface area contributed by atoms with Crippen molar-refractivity contribution in [1.29, 1.82) is 0 Å². The number of benzene rings is 1. The van der Waals surface area contributed by atoms with E-state index in [0.717, 1.165) is 43.2 Å². The minimum absolute atomic E-state index is 0.0105. The van der Waals surface area contributed by atoms with Crippen LogP contribution in [0.1, 0.15) is 49.8 Å². The first kappa shape index (κ1) is 16.6. The maximum absolute atomic E-state index is 13.7. The zero-order valence-electron chi connectivity index (χ0n) is 14.7. The highest BCUT2D eigenvalue weighted by Crippen LogP contribution is 2.35. The fourth-order valence-electron chi connectivity index (χ4n) is 4.62. The average Bonchev–Trinajstić information content (AvgIpc) is 2.61. The number of carbonyl (C=O) groups excluding carboxylic acids is 2. The standard InChI is InChI=1S/C20H25FN2O2/c1-13-2-4-15(5-3-13)20(25)22-11-18-17-10-16(21)7-6-14(17)8-9-23(18)19(24)12-22/h6-7,10,13,15,18H,2-5,8-9,11-12H2,1H3. The molecular formula is C20H25FN2O2. The van der Waals surface area contributed by atoms with Crippen LogP contribution >= 0.6 is 0 Å². The second-order valence-corrected chi connectivity index (χ2v) is 7.87. The lowest BCUT2D eigenvalue weighted by atomic mass is 9.82. The summed E-state index contributed by atoms with van der Waals surface area (Å²) in [6.07, 6.45) is 4.77. The van der Waals surface area contributed by atoms with Crippen LogP contribution in [0.15, 0.2) is 18.2 Å². The molecule has 4 nitrogen and oxygen atoms in total. The molecule has 1 atom stereocenters. The van der Waals surface area contributed by atoms with Gasteiger partial charge >= 0.3 is 0 Å². The third kappa shape index (κ3) is 3.05. The predicted octanol–water partition coefficient (Wildman–Crippen LogP) is 2.92. The maximum atomic E-state index is 13.7. The van der Waals surface area contributed by atoms with Crippen molar-refractivity contribution in [2.45, 2.75) is 45.1 Å². The molecule has 1 unspecified atom stereocenters. The normalized spacial score (nSPS) is 29.2. The molecule has 134 valence electrons. The van der Waals surface area contributed by atoms with Crippen LogP contribution in [0, 0.1) is 17.7 Å². The summed E-state index contributed by atoms with van der Waals surface area (Å²) < 4.78 is 13.7. The van der Waals surface area contributed by atoms with Crippen LogP contribution in [0.3, 0.4) is 0 Å². The molecule has 1 aromatic carbocycles. The van der Waals surface area contributed by atoms with Crippen molar-refractivity contribution >= 4 is 11.8 Å². The lowest BCUT2D eigenvalue weighted by molar-refractivity contribution is -0.152. The molecule has 0 aromatic heterocycles. The second kappa shape index (κ2) is 6.43. The first-order chi connectivity index (χ1) is 12.0. The SMILES string of the molecule is CC1CCC(C(=O)N2CC(=O)N3CCc4ccc(F)cc4C3C2)CC1. The molecule has 1 saturated heterocycles. The van der Waals surface area contributed by atoms with E-state index in [-0.39, 0.29) is 36.1 Å². The minimum atomic E-state index is -0.280. The molecule has 25 heavy (non-hydrogen) atoms. The molecule has 1 saturated carbocycles. The third-order valence-electron chi connectivity index (χ3n) is 6.18. The van der Waals surface area contributed by atoms with E-state index in [0.29, 0.717) is 19.0 Å². The lowest BCUT2D eigenvalue weighted by Crippen LogP contribution is -2.56.